The van der Waals surface area contributed by atoms with E-state index in [4.69, 9.17) is 5.73 Å². The van der Waals surface area contributed by atoms with E-state index in [2.05, 4.69) is 17.2 Å². The Bertz CT molecular complexity index is 399. The number of nitrogens with zero attached hydrogens (tertiary/aromatic N) is 1. The maximum Gasteiger partial charge on any atom is 0.227 e. The fraction of sp³-hybridized carbons (Fsp3) is 0.600. The van der Waals surface area contributed by atoms with E-state index in [1.165, 1.54) is 0 Å². The molecule has 0 saturated heterocycles. The van der Waals surface area contributed by atoms with E-state index < -0.39 is 0 Å². The minimum absolute atomic E-state index is 0.133. The Balaban J connectivity index is 1.83. The summed E-state index contributed by atoms with van der Waals surface area (Å²) in [6.45, 7) is 2.13. The molecule has 1 aliphatic rings. The molecule has 1 aliphatic carbocycles. The van der Waals surface area contributed by atoms with E-state index in [1.54, 1.807) is 12.4 Å². The SMILES string of the molecule is CCC(N)[C@H]1CC[C@H](C(=O)Nc2ccncc2)CC1. The van der Waals surface area contributed by atoms with Gasteiger partial charge in [-0.2, -0.15) is 0 Å². The summed E-state index contributed by atoms with van der Waals surface area (Å²) in [6.07, 6.45) is 8.45. The number of pyridine rings is 1. The van der Waals surface area contributed by atoms with E-state index in [0.717, 1.165) is 37.8 Å². The number of carbonyl (C=O) groups is 1. The number of aromatic nitrogens is 1. The average Bonchev–Trinajstić information content (AvgIpc) is 2.47. The monoisotopic (exact) mass is 261 g/mol. The van der Waals surface area contributed by atoms with Crippen molar-refractivity contribution in [2.75, 3.05) is 5.32 Å². The third kappa shape index (κ3) is 3.77. The second-order valence-electron chi connectivity index (χ2n) is 5.41. The predicted octanol–water partition coefficient (Wildman–Crippen LogP) is 2.56. The van der Waals surface area contributed by atoms with Crippen molar-refractivity contribution in [3.8, 4) is 0 Å². The number of nitrogens with two attached hydrogens (primary N) is 1. The molecule has 4 nitrogen and oxygen atoms in total. The number of rotatable bonds is 4. The van der Waals surface area contributed by atoms with Crippen LogP contribution in [-0.4, -0.2) is 16.9 Å². The Kier molecular flexibility index (Phi) is 4.91. The molecule has 1 heterocycles. The summed E-state index contributed by atoms with van der Waals surface area (Å²) in [5, 5.41) is 2.96. The summed E-state index contributed by atoms with van der Waals surface area (Å²) in [4.78, 5) is 16.1. The lowest BCUT2D eigenvalue weighted by atomic mass is 9.78. The molecule has 0 spiro atoms. The van der Waals surface area contributed by atoms with Gasteiger partial charge in [0.1, 0.15) is 0 Å². The van der Waals surface area contributed by atoms with E-state index >= 15 is 0 Å². The Morgan fingerprint density at radius 3 is 2.58 bits per heavy atom. The Morgan fingerprint density at radius 1 is 1.37 bits per heavy atom. The van der Waals surface area contributed by atoms with E-state index in [9.17, 15) is 4.79 Å². The minimum Gasteiger partial charge on any atom is -0.327 e. The molecular formula is C15H23N3O. The molecule has 0 radical (unpaired) electrons. The van der Waals surface area contributed by atoms with Crippen molar-refractivity contribution < 1.29 is 4.79 Å². The molecule has 1 unspecified atom stereocenters. The van der Waals surface area contributed by atoms with Crippen molar-refractivity contribution >= 4 is 11.6 Å². The van der Waals surface area contributed by atoms with Crippen LogP contribution in [0.1, 0.15) is 39.0 Å². The Morgan fingerprint density at radius 2 is 2.00 bits per heavy atom. The van der Waals surface area contributed by atoms with Crippen LogP contribution in [0.3, 0.4) is 0 Å². The first kappa shape index (κ1) is 14.0. The zero-order valence-electron chi connectivity index (χ0n) is 11.5. The van der Waals surface area contributed by atoms with Crippen molar-refractivity contribution in [3.05, 3.63) is 24.5 Å². The van der Waals surface area contributed by atoms with Gasteiger partial charge in [-0.1, -0.05) is 6.92 Å². The third-order valence-corrected chi connectivity index (χ3v) is 4.17. The molecule has 4 heteroatoms. The lowest BCUT2D eigenvalue weighted by Gasteiger charge is -2.31. The summed E-state index contributed by atoms with van der Waals surface area (Å²) < 4.78 is 0. The molecule has 0 bridgehead atoms. The molecule has 0 aliphatic heterocycles. The van der Waals surface area contributed by atoms with Crippen LogP contribution < -0.4 is 11.1 Å². The van der Waals surface area contributed by atoms with E-state index in [1.807, 2.05) is 12.1 Å². The molecular weight excluding hydrogens is 238 g/mol. The van der Waals surface area contributed by atoms with Gasteiger partial charge in [0.05, 0.1) is 0 Å². The maximum absolute atomic E-state index is 12.2. The highest BCUT2D eigenvalue weighted by Crippen LogP contribution is 2.31. The van der Waals surface area contributed by atoms with Gasteiger partial charge in [0.2, 0.25) is 5.91 Å². The quantitative estimate of drug-likeness (QED) is 0.875. The van der Waals surface area contributed by atoms with Crippen LogP contribution in [0.25, 0.3) is 0 Å². The highest BCUT2D eigenvalue weighted by molar-refractivity contribution is 5.92. The van der Waals surface area contributed by atoms with Gasteiger partial charge in [0.25, 0.3) is 0 Å². The smallest absolute Gasteiger partial charge is 0.227 e. The van der Waals surface area contributed by atoms with Gasteiger partial charge in [0, 0.05) is 30.0 Å². The molecule has 0 aromatic carbocycles. The molecule has 1 aromatic heterocycles. The third-order valence-electron chi connectivity index (χ3n) is 4.17. The van der Waals surface area contributed by atoms with Crippen LogP contribution in [0.4, 0.5) is 5.69 Å². The van der Waals surface area contributed by atoms with Gasteiger partial charge in [-0.05, 0) is 50.2 Å². The standard InChI is InChI=1S/C15H23N3O/c1-2-14(16)11-3-5-12(6-4-11)15(19)18-13-7-9-17-10-8-13/h7-12,14H,2-6,16H2,1H3,(H,17,18,19)/t11-,12-,14?. The maximum atomic E-state index is 12.2. The molecule has 1 atom stereocenters. The normalized spacial score (nSPS) is 24.7. The zero-order chi connectivity index (χ0) is 13.7. The van der Waals surface area contributed by atoms with Crippen molar-refractivity contribution in [3.63, 3.8) is 0 Å². The highest BCUT2D eigenvalue weighted by Gasteiger charge is 2.28. The topological polar surface area (TPSA) is 68.0 Å². The zero-order valence-corrected chi connectivity index (χ0v) is 11.5. The van der Waals surface area contributed by atoms with Crippen LogP contribution in [0, 0.1) is 11.8 Å². The van der Waals surface area contributed by atoms with Crippen LogP contribution in [0.2, 0.25) is 0 Å². The van der Waals surface area contributed by atoms with Gasteiger partial charge in [-0.15, -0.1) is 0 Å². The average molecular weight is 261 g/mol. The largest absolute Gasteiger partial charge is 0.327 e. The van der Waals surface area contributed by atoms with E-state index in [0.29, 0.717) is 12.0 Å². The Labute approximate surface area is 114 Å². The molecule has 104 valence electrons. The first-order chi connectivity index (χ1) is 9.20. The fourth-order valence-electron chi connectivity index (χ4n) is 2.82. The first-order valence-electron chi connectivity index (χ1n) is 7.17. The minimum atomic E-state index is 0.133. The van der Waals surface area contributed by atoms with Crippen molar-refractivity contribution in [2.45, 2.75) is 45.1 Å². The van der Waals surface area contributed by atoms with Crippen molar-refractivity contribution in [1.29, 1.82) is 0 Å². The Hall–Kier alpha value is -1.42. The van der Waals surface area contributed by atoms with Crippen molar-refractivity contribution in [2.24, 2.45) is 17.6 Å². The molecule has 1 saturated carbocycles. The molecule has 19 heavy (non-hydrogen) atoms. The molecule has 1 aromatic rings. The molecule has 1 fully saturated rings. The molecule has 1 amide bonds. The molecule has 2 rings (SSSR count). The van der Waals surface area contributed by atoms with Crippen LogP contribution in [0.5, 0.6) is 0 Å². The van der Waals surface area contributed by atoms with Gasteiger partial charge >= 0.3 is 0 Å². The van der Waals surface area contributed by atoms with E-state index in [-0.39, 0.29) is 11.8 Å². The first-order valence-corrected chi connectivity index (χ1v) is 7.17. The van der Waals surface area contributed by atoms with Gasteiger partial charge < -0.3 is 11.1 Å². The second-order valence-corrected chi connectivity index (χ2v) is 5.41. The van der Waals surface area contributed by atoms with Crippen LogP contribution in [0.15, 0.2) is 24.5 Å². The number of nitrogens with one attached hydrogen (secondary N) is 1. The van der Waals surface area contributed by atoms with Crippen molar-refractivity contribution in [1.82, 2.24) is 4.98 Å². The lowest BCUT2D eigenvalue weighted by Crippen LogP contribution is -2.35. The molecule has 3 N–H and O–H groups in total. The summed E-state index contributed by atoms with van der Waals surface area (Å²) in [5.74, 6) is 0.859. The lowest BCUT2D eigenvalue weighted by molar-refractivity contribution is -0.121. The summed E-state index contributed by atoms with van der Waals surface area (Å²) in [6, 6.07) is 3.93. The number of amides is 1. The number of carbonyl (C=O) groups excluding carboxylic acids is 1. The van der Waals surface area contributed by atoms with Gasteiger partial charge in [-0.25, -0.2) is 0 Å². The number of anilines is 1. The predicted molar refractivity (Wildman–Crippen MR) is 76.6 cm³/mol. The fourth-order valence-corrected chi connectivity index (χ4v) is 2.82. The summed E-state index contributed by atoms with van der Waals surface area (Å²) in [5.41, 5.74) is 6.91. The van der Waals surface area contributed by atoms with Gasteiger partial charge in [-0.3, -0.25) is 9.78 Å². The summed E-state index contributed by atoms with van der Waals surface area (Å²) in [7, 11) is 0. The summed E-state index contributed by atoms with van der Waals surface area (Å²) >= 11 is 0. The highest BCUT2D eigenvalue weighted by atomic mass is 16.1. The second kappa shape index (κ2) is 6.66. The van der Waals surface area contributed by atoms with Crippen LogP contribution in [-0.2, 0) is 4.79 Å². The number of hydrogen-bond donors (Lipinski definition) is 2. The van der Waals surface area contributed by atoms with Crippen LogP contribution >= 0.6 is 0 Å². The van der Waals surface area contributed by atoms with Gasteiger partial charge in [0.15, 0.2) is 0 Å². The number of hydrogen-bond acceptors (Lipinski definition) is 3.